The SMILES string of the molecule is O=C1[C@@H]2C[C@H](O)CCN2C(=O)CN1CC(c1ccccc1)c1ccccc1. The molecule has 5 heteroatoms. The van der Waals surface area contributed by atoms with E-state index >= 15 is 0 Å². The van der Waals surface area contributed by atoms with E-state index in [9.17, 15) is 14.7 Å². The van der Waals surface area contributed by atoms with Crippen LogP contribution in [0.2, 0.25) is 0 Å². The first kappa shape index (κ1) is 17.7. The minimum atomic E-state index is -0.526. The lowest BCUT2D eigenvalue weighted by molar-refractivity contribution is -0.160. The number of hydrogen-bond acceptors (Lipinski definition) is 3. The van der Waals surface area contributed by atoms with Gasteiger partial charge >= 0.3 is 0 Å². The maximum atomic E-state index is 13.1. The Morgan fingerprint density at radius 2 is 1.56 bits per heavy atom. The van der Waals surface area contributed by atoms with Gasteiger partial charge in [-0.1, -0.05) is 60.7 Å². The number of hydrogen-bond donors (Lipinski definition) is 1. The summed E-state index contributed by atoms with van der Waals surface area (Å²) in [6.07, 6.45) is 0.371. The average Bonchev–Trinajstić information content (AvgIpc) is 2.71. The zero-order valence-electron chi connectivity index (χ0n) is 15.2. The fourth-order valence-electron chi connectivity index (χ4n) is 4.17. The predicted octanol–water partition coefficient (Wildman–Crippen LogP) is 2.01. The summed E-state index contributed by atoms with van der Waals surface area (Å²) >= 11 is 0. The number of piperidine rings is 1. The first-order chi connectivity index (χ1) is 13.1. The van der Waals surface area contributed by atoms with Crippen LogP contribution in [-0.4, -0.2) is 58.5 Å². The van der Waals surface area contributed by atoms with Crippen molar-refractivity contribution in [1.82, 2.24) is 9.80 Å². The Balaban J connectivity index is 1.61. The molecule has 2 fully saturated rings. The molecule has 0 bridgehead atoms. The molecule has 0 saturated carbocycles. The van der Waals surface area contributed by atoms with Crippen LogP contribution in [0, 0.1) is 0 Å². The highest BCUT2D eigenvalue weighted by molar-refractivity contribution is 5.95. The summed E-state index contributed by atoms with van der Waals surface area (Å²) in [7, 11) is 0. The van der Waals surface area contributed by atoms with E-state index in [1.807, 2.05) is 36.4 Å². The minimum absolute atomic E-state index is 0.00390. The van der Waals surface area contributed by atoms with Gasteiger partial charge in [0.15, 0.2) is 0 Å². The third kappa shape index (κ3) is 3.60. The Labute approximate surface area is 159 Å². The molecular weight excluding hydrogens is 340 g/mol. The predicted molar refractivity (Wildman–Crippen MR) is 102 cm³/mol. The Morgan fingerprint density at radius 3 is 2.15 bits per heavy atom. The number of carbonyl (C=O) groups excluding carboxylic acids is 2. The van der Waals surface area contributed by atoms with Gasteiger partial charge in [-0.2, -0.15) is 0 Å². The lowest BCUT2D eigenvalue weighted by Crippen LogP contribution is -2.63. The van der Waals surface area contributed by atoms with Gasteiger partial charge in [0.1, 0.15) is 6.04 Å². The van der Waals surface area contributed by atoms with Crippen molar-refractivity contribution in [3.05, 3.63) is 71.8 Å². The van der Waals surface area contributed by atoms with E-state index in [0.29, 0.717) is 25.9 Å². The molecule has 2 aromatic carbocycles. The second kappa shape index (κ2) is 7.53. The van der Waals surface area contributed by atoms with Gasteiger partial charge < -0.3 is 14.9 Å². The molecule has 2 aromatic rings. The highest BCUT2D eigenvalue weighted by atomic mass is 16.3. The highest BCUT2D eigenvalue weighted by Gasteiger charge is 2.43. The topological polar surface area (TPSA) is 60.9 Å². The molecule has 0 aliphatic carbocycles. The van der Waals surface area contributed by atoms with Gasteiger partial charge in [0.05, 0.1) is 12.6 Å². The van der Waals surface area contributed by atoms with E-state index in [-0.39, 0.29) is 24.3 Å². The Hall–Kier alpha value is -2.66. The van der Waals surface area contributed by atoms with Gasteiger partial charge in [-0.3, -0.25) is 9.59 Å². The summed E-state index contributed by atoms with van der Waals surface area (Å²) in [5.74, 6) is -0.0687. The number of rotatable bonds is 4. The number of piperazine rings is 1. The second-order valence-corrected chi connectivity index (χ2v) is 7.37. The second-order valence-electron chi connectivity index (χ2n) is 7.37. The first-order valence-electron chi connectivity index (χ1n) is 9.49. The Kier molecular flexibility index (Phi) is 4.94. The average molecular weight is 364 g/mol. The molecule has 0 radical (unpaired) electrons. The molecule has 0 aromatic heterocycles. The molecule has 5 nitrogen and oxygen atoms in total. The van der Waals surface area contributed by atoms with Crippen LogP contribution in [0.4, 0.5) is 0 Å². The molecule has 140 valence electrons. The molecule has 0 spiro atoms. The summed E-state index contributed by atoms with van der Waals surface area (Å²) in [6, 6.07) is 19.6. The lowest BCUT2D eigenvalue weighted by atomic mass is 9.89. The monoisotopic (exact) mass is 364 g/mol. The summed E-state index contributed by atoms with van der Waals surface area (Å²) < 4.78 is 0. The van der Waals surface area contributed by atoms with Crippen LogP contribution in [0.15, 0.2) is 60.7 Å². The molecule has 27 heavy (non-hydrogen) atoms. The van der Waals surface area contributed by atoms with Gasteiger partial charge in [-0.15, -0.1) is 0 Å². The zero-order chi connectivity index (χ0) is 18.8. The third-order valence-corrected chi connectivity index (χ3v) is 5.62. The number of aliphatic hydroxyl groups is 1. The maximum Gasteiger partial charge on any atom is 0.245 e. The summed E-state index contributed by atoms with van der Waals surface area (Å²) in [6.45, 7) is 1.03. The van der Waals surface area contributed by atoms with Crippen LogP contribution < -0.4 is 0 Å². The number of carbonyl (C=O) groups is 2. The summed E-state index contributed by atoms with van der Waals surface area (Å²) in [5, 5.41) is 9.97. The van der Waals surface area contributed by atoms with Gasteiger partial charge in [0, 0.05) is 25.4 Å². The molecule has 2 amide bonds. The molecule has 4 rings (SSSR count). The van der Waals surface area contributed by atoms with Gasteiger partial charge in [0.2, 0.25) is 11.8 Å². The largest absolute Gasteiger partial charge is 0.393 e. The maximum absolute atomic E-state index is 13.1. The standard InChI is InChI=1S/C22H24N2O3/c25-18-11-12-24-20(13-18)22(27)23(15-21(24)26)14-19(16-7-3-1-4-8-16)17-9-5-2-6-10-17/h1-10,18-20,25H,11-15H2/t18-,20+/m1/s1. The van der Waals surface area contributed by atoms with Crippen LogP contribution in [0.1, 0.15) is 29.9 Å². The van der Waals surface area contributed by atoms with E-state index < -0.39 is 12.1 Å². The number of nitrogens with zero attached hydrogens (tertiary/aromatic N) is 2. The number of benzene rings is 2. The van der Waals surface area contributed by atoms with Gasteiger partial charge in [-0.05, 0) is 17.5 Å². The lowest BCUT2D eigenvalue weighted by Gasteiger charge is -2.44. The van der Waals surface area contributed by atoms with E-state index in [2.05, 4.69) is 24.3 Å². The van der Waals surface area contributed by atoms with Crippen molar-refractivity contribution in [2.24, 2.45) is 0 Å². The molecule has 2 heterocycles. The molecular formula is C22H24N2O3. The first-order valence-corrected chi connectivity index (χ1v) is 9.49. The molecule has 2 saturated heterocycles. The zero-order valence-corrected chi connectivity index (χ0v) is 15.2. The fraction of sp³-hybridized carbons (Fsp3) is 0.364. The van der Waals surface area contributed by atoms with Crippen molar-refractivity contribution in [3.8, 4) is 0 Å². The van der Waals surface area contributed by atoms with E-state index in [4.69, 9.17) is 0 Å². The third-order valence-electron chi connectivity index (χ3n) is 5.62. The van der Waals surface area contributed by atoms with Crippen LogP contribution in [0.5, 0.6) is 0 Å². The van der Waals surface area contributed by atoms with Crippen molar-refractivity contribution in [1.29, 1.82) is 0 Å². The van der Waals surface area contributed by atoms with Crippen molar-refractivity contribution in [3.63, 3.8) is 0 Å². The Bertz CT molecular complexity index is 769. The van der Waals surface area contributed by atoms with E-state index in [1.165, 1.54) is 0 Å². The Morgan fingerprint density at radius 1 is 0.963 bits per heavy atom. The van der Waals surface area contributed by atoms with Gasteiger partial charge in [-0.25, -0.2) is 0 Å². The molecule has 2 atom stereocenters. The van der Waals surface area contributed by atoms with Crippen LogP contribution >= 0.6 is 0 Å². The van der Waals surface area contributed by atoms with Crippen molar-refractivity contribution in [2.45, 2.75) is 30.9 Å². The van der Waals surface area contributed by atoms with Crippen LogP contribution in [0.3, 0.4) is 0 Å². The number of fused-ring (bicyclic) bond motifs is 1. The highest BCUT2D eigenvalue weighted by Crippen LogP contribution is 2.29. The van der Waals surface area contributed by atoms with Crippen molar-refractivity contribution in [2.75, 3.05) is 19.6 Å². The van der Waals surface area contributed by atoms with Crippen LogP contribution in [0.25, 0.3) is 0 Å². The smallest absolute Gasteiger partial charge is 0.245 e. The number of aliphatic hydroxyl groups excluding tert-OH is 1. The quantitative estimate of drug-likeness (QED) is 0.903. The normalized spacial score (nSPS) is 22.9. The molecule has 2 aliphatic rings. The molecule has 2 aliphatic heterocycles. The fourth-order valence-corrected chi connectivity index (χ4v) is 4.17. The van der Waals surface area contributed by atoms with Crippen molar-refractivity contribution < 1.29 is 14.7 Å². The van der Waals surface area contributed by atoms with E-state index in [1.54, 1.807) is 9.80 Å². The van der Waals surface area contributed by atoms with Gasteiger partial charge in [0.25, 0.3) is 0 Å². The van der Waals surface area contributed by atoms with Crippen molar-refractivity contribution >= 4 is 11.8 Å². The van der Waals surface area contributed by atoms with Crippen LogP contribution in [-0.2, 0) is 9.59 Å². The molecule has 0 unspecified atom stereocenters. The van der Waals surface area contributed by atoms with E-state index in [0.717, 1.165) is 11.1 Å². The summed E-state index contributed by atoms with van der Waals surface area (Å²) in [4.78, 5) is 29.0. The summed E-state index contributed by atoms with van der Waals surface area (Å²) in [5.41, 5.74) is 2.24. The molecule has 1 N–H and O–H groups in total. The minimum Gasteiger partial charge on any atom is -0.393 e. The number of amides is 2.